The van der Waals surface area contributed by atoms with Crippen molar-refractivity contribution in [3.63, 3.8) is 0 Å². The van der Waals surface area contributed by atoms with Crippen molar-refractivity contribution in [2.75, 3.05) is 20.3 Å². The molecule has 2 N–H and O–H groups in total. The molecular formula is C16H25NO3. The maximum Gasteiger partial charge on any atom is 0.220 e. The van der Waals surface area contributed by atoms with Gasteiger partial charge in [0.25, 0.3) is 0 Å². The second kappa shape index (κ2) is 8.59. The minimum atomic E-state index is 0.0464. The number of carbonyl (C=O) groups excluding carboxylic acids is 1. The van der Waals surface area contributed by atoms with Gasteiger partial charge >= 0.3 is 0 Å². The van der Waals surface area contributed by atoms with E-state index < -0.39 is 0 Å². The number of hydrogen-bond acceptors (Lipinski definition) is 3. The molecule has 0 radical (unpaired) electrons. The van der Waals surface area contributed by atoms with Gasteiger partial charge in [-0.15, -0.1) is 0 Å². The van der Waals surface area contributed by atoms with Gasteiger partial charge in [0.05, 0.1) is 7.11 Å². The highest BCUT2D eigenvalue weighted by molar-refractivity contribution is 5.76. The lowest BCUT2D eigenvalue weighted by atomic mass is 9.97. The summed E-state index contributed by atoms with van der Waals surface area (Å²) in [6, 6.07) is 7.81. The number of aliphatic hydroxyl groups excluding tert-OH is 1. The summed E-state index contributed by atoms with van der Waals surface area (Å²) in [5, 5.41) is 11.7. The maximum absolute atomic E-state index is 11.9. The normalized spacial score (nSPS) is 13.6. The Morgan fingerprint density at radius 1 is 1.40 bits per heavy atom. The molecule has 0 fully saturated rings. The molecule has 0 saturated carbocycles. The Balaban J connectivity index is 2.44. The zero-order valence-electron chi connectivity index (χ0n) is 12.6. The molecule has 112 valence electrons. The standard InChI is InChI=1S/C16H25NO3/c1-12(7-8-18)11-17-16(19)9-13(2)14-5-4-6-15(10-14)20-3/h4-6,10,12-13,18H,7-9,11H2,1-3H3,(H,17,19). The van der Waals surface area contributed by atoms with Gasteiger partial charge in [-0.3, -0.25) is 4.79 Å². The molecule has 20 heavy (non-hydrogen) atoms. The van der Waals surface area contributed by atoms with Crippen molar-refractivity contribution < 1.29 is 14.6 Å². The quantitative estimate of drug-likeness (QED) is 0.768. The van der Waals surface area contributed by atoms with Crippen LogP contribution in [0.2, 0.25) is 0 Å². The minimum absolute atomic E-state index is 0.0464. The van der Waals surface area contributed by atoms with Crippen LogP contribution in [-0.2, 0) is 4.79 Å². The molecule has 0 spiro atoms. The first-order valence-electron chi connectivity index (χ1n) is 7.08. The SMILES string of the molecule is COc1cccc(C(C)CC(=O)NCC(C)CCO)c1. The molecule has 1 aromatic carbocycles. The first-order valence-corrected chi connectivity index (χ1v) is 7.08. The molecule has 0 aromatic heterocycles. The summed E-state index contributed by atoms with van der Waals surface area (Å²) in [6.07, 6.45) is 1.17. The Bertz CT molecular complexity index is 420. The van der Waals surface area contributed by atoms with Crippen LogP contribution in [0.3, 0.4) is 0 Å². The molecule has 0 heterocycles. The molecule has 0 aliphatic heterocycles. The van der Waals surface area contributed by atoms with Gasteiger partial charge in [-0.2, -0.15) is 0 Å². The van der Waals surface area contributed by atoms with Crippen molar-refractivity contribution in [3.05, 3.63) is 29.8 Å². The minimum Gasteiger partial charge on any atom is -0.497 e. The summed E-state index contributed by atoms with van der Waals surface area (Å²) in [7, 11) is 1.64. The summed E-state index contributed by atoms with van der Waals surface area (Å²) in [6.45, 7) is 4.83. The van der Waals surface area contributed by atoms with Gasteiger partial charge in [-0.1, -0.05) is 26.0 Å². The maximum atomic E-state index is 11.9. The fraction of sp³-hybridized carbons (Fsp3) is 0.562. The number of ether oxygens (including phenoxy) is 1. The molecule has 1 rings (SSSR count). The number of carbonyl (C=O) groups is 1. The van der Waals surface area contributed by atoms with Crippen LogP contribution in [-0.4, -0.2) is 31.3 Å². The molecule has 0 aliphatic carbocycles. The fourth-order valence-electron chi connectivity index (χ4n) is 2.03. The van der Waals surface area contributed by atoms with Crippen molar-refractivity contribution in [2.45, 2.75) is 32.6 Å². The molecular weight excluding hydrogens is 254 g/mol. The molecule has 1 aromatic rings. The Kier molecular flexibility index (Phi) is 7.09. The number of amides is 1. The Morgan fingerprint density at radius 2 is 2.15 bits per heavy atom. The third-order valence-corrected chi connectivity index (χ3v) is 3.42. The topological polar surface area (TPSA) is 58.6 Å². The summed E-state index contributed by atoms with van der Waals surface area (Å²) < 4.78 is 5.19. The van der Waals surface area contributed by atoms with E-state index in [1.807, 2.05) is 38.1 Å². The average Bonchev–Trinajstić information content (AvgIpc) is 2.45. The molecule has 0 bridgehead atoms. The summed E-state index contributed by atoms with van der Waals surface area (Å²) >= 11 is 0. The fourth-order valence-corrected chi connectivity index (χ4v) is 2.03. The van der Waals surface area contributed by atoms with Gasteiger partial charge in [0.15, 0.2) is 0 Å². The predicted octanol–water partition coefficient (Wildman–Crippen LogP) is 2.32. The monoisotopic (exact) mass is 279 g/mol. The molecule has 4 nitrogen and oxygen atoms in total. The van der Waals surface area contributed by atoms with E-state index in [1.54, 1.807) is 7.11 Å². The number of methoxy groups -OCH3 is 1. The third-order valence-electron chi connectivity index (χ3n) is 3.42. The van der Waals surface area contributed by atoms with E-state index in [0.717, 1.165) is 11.3 Å². The second-order valence-corrected chi connectivity index (χ2v) is 5.30. The number of aliphatic hydroxyl groups is 1. The summed E-state index contributed by atoms with van der Waals surface area (Å²) in [5.41, 5.74) is 1.10. The van der Waals surface area contributed by atoms with Gasteiger partial charge < -0.3 is 15.2 Å². The molecule has 0 aliphatic rings. The van der Waals surface area contributed by atoms with Crippen molar-refractivity contribution in [1.82, 2.24) is 5.32 Å². The zero-order valence-corrected chi connectivity index (χ0v) is 12.6. The molecule has 1 amide bonds. The number of rotatable bonds is 8. The average molecular weight is 279 g/mol. The molecule has 2 unspecified atom stereocenters. The second-order valence-electron chi connectivity index (χ2n) is 5.30. The Labute approximate surface area is 121 Å². The largest absolute Gasteiger partial charge is 0.497 e. The van der Waals surface area contributed by atoms with Crippen LogP contribution < -0.4 is 10.1 Å². The number of benzene rings is 1. The summed E-state index contributed by atoms with van der Waals surface area (Å²) in [4.78, 5) is 11.9. The smallest absolute Gasteiger partial charge is 0.220 e. The van der Waals surface area contributed by atoms with E-state index in [4.69, 9.17) is 9.84 Å². The van der Waals surface area contributed by atoms with E-state index >= 15 is 0 Å². The van der Waals surface area contributed by atoms with Crippen LogP contribution in [0.25, 0.3) is 0 Å². The highest BCUT2D eigenvalue weighted by Gasteiger charge is 2.12. The van der Waals surface area contributed by atoms with Gasteiger partial charge in [0.1, 0.15) is 5.75 Å². The lowest BCUT2D eigenvalue weighted by molar-refractivity contribution is -0.121. The van der Waals surface area contributed by atoms with E-state index in [9.17, 15) is 4.79 Å². The van der Waals surface area contributed by atoms with Crippen LogP contribution in [0.1, 0.15) is 38.2 Å². The van der Waals surface area contributed by atoms with Crippen LogP contribution in [0.4, 0.5) is 0 Å². The third kappa shape index (κ3) is 5.61. The van der Waals surface area contributed by atoms with Crippen LogP contribution in [0.5, 0.6) is 5.75 Å². The van der Waals surface area contributed by atoms with E-state index in [1.165, 1.54) is 0 Å². The van der Waals surface area contributed by atoms with Crippen LogP contribution in [0, 0.1) is 5.92 Å². The highest BCUT2D eigenvalue weighted by atomic mass is 16.5. The van der Waals surface area contributed by atoms with Crippen LogP contribution >= 0.6 is 0 Å². The van der Waals surface area contributed by atoms with Gasteiger partial charge in [-0.05, 0) is 36.0 Å². The van der Waals surface area contributed by atoms with Crippen molar-refractivity contribution in [3.8, 4) is 5.75 Å². The summed E-state index contributed by atoms with van der Waals surface area (Å²) in [5.74, 6) is 1.31. The zero-order chi connectivity index (χ0) is 15.0. The van der Waals surface area contributed by atoms with E-state index in [2.05, 4.69) is 5.32 Å². The van der Waals surface area contributed by atoms with Crippen molar-refractivity contribution in [1.29, 1.82) is 0 Å². The highest BCUT2D eigenvalue weighted by Crippen LogP contribution is 2.23. The van der Waals surface area contributed by atoms with E-state index in [-0.39, 0.29) is 18.4 Å². The van der Waals surface area contributed by atoms with Crippen molar-refractivity contribution >= 4 is 5.91 Å². The van der Waals surface area contributed by atoms with E-state index in [0.29, 0.717) is 25.3 Å². The predicted molar refractivity (Wildman–Crippen MR) is 79.9 cm³/mol. The van der Waals surface area contributed by atoms with Crippen LogP contribution in [0.15, 0.2) is 24.3 Å². The number of hydrogen-bond donors (Lipinski definition) is 2. The lowest BCUT2D eigenvalue weighted by Gasteiger charge is -2.15. The molecule has 4 heteroatoms. The van der Waals surface area contributed by atoms with Gasteiger partial charge in [0, 0.05) is 19.6 Å². The Hall–Kier alpha value is -1.55. The molecule has 2 atom stereocenters. The number of nitrogens with one attached hydrogen (secondary N) is 1. The lowest BCUT2D eigenvalue weighted by Crippen LogP contribution is -2.29. The first kappa shape index (κ1) is 16.5. The first-order chi connectivity index (χ1) is 9.56. The Morgan fingerprint density at radius 3 is 2.80 bits per heavy atom. The van der Waals surface area contributed by atoms with Gasteiger partial charge in [0.2, 0.25) is 5.91 Å². The van der Waals surface area contributed by atoms with Crippen molar-refractivity contribution in [2.24, 2.45) is 5.92 Å². The molecule has 0 saturated heterocycles. The van der Waals surface area contributed by atoms with Gasteiger partial charge in [-0.25, -0.2) is 0 Å².